The predicted octanol–water partition coefficient (Wildman–Crippen LogP) is 2.66. The van der Waals surface area contributed by atoms with Crippen LogP contribution in [0.2, 0.25) is 0 Å². The van der Waals surface area contributed by atoms with Crippen molar-refractivity contribution >= 4 is 11.7 Å². The SMILES string of the molecule is CCCN(c1cc(C)ccc1C(=O)O)C1CCNCC1. The molecule has 1 aromatic carbocycles. The second kappa shape index (κ2) is 6.75. The molecule has 20 heavy (non-hydrogen) atoms. The fraction of sp³-hybridized carbons (Fsp3) is 0.562. The summed E-state index contributed by atoms with van der Waals surface area (Å²) in [4.78, 5) is 13.8. The van der Waals surface area contributed by atoms with Crippen LogP contribution in [0.1, 0.15) is 42.1 Å². The number of aryl methyl sites for hydroxylation is 1. The highest BCUT2D eigenvalue weighted by atomic mass is 16.4. The number of carboxylic acids is 1. The first kappa shape index (κ1) is 14.9. The maximum absolute atomic E-state index is 11.5. The molecule has 1 saturated heterocycles. The minimum Gasteiger partial charge on any atom is -0.478 e. The minimum atomic E-state index is -0.838. The standard InChI is InChI=1S/C16H24N2O2/c1-3-10-18(13-6-8-17-9-7-13)15-11-12(2)4-5-14(15)16(19)20/h4-5,11,13,17H,3,6-10H2,1-2H3,(H,19,20). The largest absolute Gasteiger partial charge is 0.478 e. The van der Waals surface area contributed by atoms with E-state index in [0.29, 0.717) is 11.6 Å². The lowest BCUT2D eigenvalue weighted by Crippen LogP contribution is -2.44. The van der Waals surface area contributed by atoms with Crippen LogP contribution in [0.15, 0.2) is 18.2 Å². The Hall–Kier alpha value is -1.55. The first-order valence-corrected chi connectivity index (χ1v) is 7.44. The number of carboxylic acid groups (broad SMARTS) is 1. The molecule has 1 aromatic rings. The summed E-state index contributed by atoms with van der Waals surface area (Å²) in [5.41, 5.74) is 2.41. The topological polar surface area (TPSA) is 52.6 Å². The first-order chi connectivity index (χ1) is 9.63. The van der Waals surface area contributed by atoms with Crippen molar-refractivity contribution in [3.05, 3.63) is 29.3 Å². The summed E-state index contributed by atoms with van der Waals surface area (Å²) < 4.78 is 0. The van der Waals surface area contributed by atoms with E-state index in [4.69, 9.17) is 0 Å². The minimum absolute atomic E-state index is 0.419. The van der Waals surface area contributed by atoms with E-state index < -0.39 is 5.97 Å². The van der Waals surface area contributed by atoms with Gasteiger partial charge in [-0.05, 0) is 57.0 Å². The van der Waals surface area contributed by atoms with Gasteiger partial charge in [-0.2, -0.15) is 0 Å². The number of hydrogen-bond donors (Lipinski definition) is 2. The number of hydrogen-bond acceptors (Lipinski definition) is 3. The van der Waals surface area contributed by atoms with Gasteiger partial charge in [0.25, 0.3) is 0 Å². The number of benzene rings is 1. The maximum atomic E-state index is 11.5. The van der Waals surface area contributed by atoms with Gasteiger partial charge in [-0.1, -0.05) is 13.0 Å². The molecule has 0 bridgehead atoms. The van der Waals surface area contributed by atoms with Gasteiger partial charge in [0.2, 0.25) is 0 Å². The van der Waals surface area contributed by atoms with Gasteiger partial charge in [0.05, 0.1) is 11.3 Å². The summed E-state index contributed by atoms with van der Waals surface area (Å²) in [5.74, 6) is -0.838. The van der Waals surface area contributed by atoms with Crippen LogP contribution in [0.3, 0.4) is 0 Å². The van der Waals surface area contributed by atoms with Crippen molar-refractivity contribution in [3.63, 3.8) is 0 Å². The number of anilines is 1. The van der Waals surface area contributed by atoms with Gasteiger partial charge in [-0.15, -0.1) is 0 Å². The lowest BCUT2D eigenvalue weighted by molar-refractivity contribution is 0.0697. The Labute approximate surface area is 120 Å². The molecule has 0 amide bonds. The fourth-order valence-electron chi connectivity index (χ4n) is 2.92. The second-order valence-electron chi connectivity index (χ2n) is 5.50. The molecule has 2 rings (SSSR count). The predicted molar refractivity (Wildman–Crippen MR) is 81.7 cm³/mol. The maximum Gasteiger partial charge on any atom is 0.337 e. The fourth-order valence-corrected chi connectivity index (χ4v) is 2.92. The average Bonchev–Trinajstić information content (AvgIpc) is 2.45. The molecule has 0 aliphatic carbocycles. The van der Waals surface area contributed by atoms with Crippen LogP contribution in [-0.4, -0.2) is 36.8 Å². The van der Waals surface area contributed by atoms with E-state index in [9.17, 15) is 9.90 Å². The zero-order valence-electron chi connectivity index (χ0n) is 12.4. The van der Waals surface area contributed by atoms with Crippen molar-refractivity contribution in [1.82, 2.24) is 5.32 Å². The summed E-state index contributed by atoms with van der Waals surface area (Å²) in [5, 5.41) is 12.8. The quantitative estimate of drug-likeness (QED) is 0.868. The van der Waals surface area contributed by atoms with Gasteiger partial charge >= 0.3 is 5.97 Å². The highest BCUT2D eigenvalue weighted by Crippen LogP contribution is 2.27. The zero-order valence-corrected chi connectivity index (χ0v) is 12.4. The molecular formula is C16H24N2O2. The normalized spacial score (nSPS) is 16.1. The van der Waals surface area contributed by atoms with Gasteiger partial charge in [0.15, 0.2) is 0 Å². The van der Waals surface area contributed by atoms with E-state index in [1.165, 1.54) is 0 Å². The number of aromatic carboxylic acids is 1. The molecule has 4 nitrogen and oxygen atoms in total. The van der Waals surface area contributed by atoms with Crippen LogP contribution in [0.5, 0.6) is 0 Å². The highest BCUT2D eigenvalue weighted by Gasteiger charge is 2.24. The van der Waals surface area contributed by atoms with Crippen LogP contribution in [0.4, 0.5) is 5.69 Å². The molecule has 1 aliphatic rings. The molecule has 1 aliphatic heterocycles. The third kappa shape index (κ3) is 3.31. The van der Waals surface area contributed by atoms with Crippen molar-refractivity contribution in [2.75, 3.05) is 24.5 Å². The molecule has 0 aromatic heterocycles. The van der Waals surface area contributed by atoms with Gasteiger partial charge in [0.1, 0.15) is 0 Å². The Bertz CT molecular complexity index is 468. The van der Waals surface area contributed by atoms with Gasteiger partial charge in [-0.3, -0.25) is 0 Å². The molecule has 110 valence electrons. The molecule has 0 unspecified atom stereocenters. The number of carbonyl (C=O) groups is 1. The molecule has 0 atom stereocenters. The lowest BCUT2D eigenvalue weighted by Gasteiger charge is -2.37. The molecular weight excluding hydrogens is 252 g/mol. The molecule has 2 N–H and O–H groups in total. The van der Waals surface area contributed by atoms with Crippen molar-refractivity contribution in [2.24, 2.45) is 0 Å². The van der Waals surface area contributed by atoms with Gasteiger partial charge in [-0.25, -0.2) is 4.79 Å². The van der Waals surface area contributed by atoms with E-state index in [2.05, 4.69) is 17.1 Å². The highest BCUT2D eigenvalue weighted by molar-refractivity contribution is 5.94. The van der Waals surface area contributed by atoms with Crippen molar-refractivity contribution in [3.8, 4) is 0 Å². The van der Waals surface area contributed by atoms with Crippen LogP contribution in [0, 0.1) is 6.92 Å². The van der Waals surface area contributed by atoms with Crippen molar-refractivity contribution in [2.45, 2.75) is 39.2 Å². The lowest BCUT2D eigenvalue weighted by atomic mass is 10.0. The zero-order chi connectivity index (χ0) is 14.5. The van der Waals surface area contributed by atoms with E-state index in [1.807, 2.05) is 19.1 Å². The Kier molecular flexibility index (Phi) is 5.01. The second-order valence-corrected chi connectivity index (χ2v) is 5.50. The summed E-state index contributed by atoms with van der Waals surface area (Å²) in [6.45, 7) is 7.10. The molecule has 0 spiro atoms. The average molecular weight is 276 g/mol. The van der Waals surface area contributed by atoms with Crippen LogP contribution in [-0.2, 0) is 0 Å². The number of nitrogens with zero attached hydrogens (tertiary/aromatic N) is 1. The van der Waals surface area contributed by atoms with Gasteiger partial charge in [0, 0.05) is 12.6 Å². The molecule has 0 saturated carbocycles. The third-order valence-corrected chi connectivity index (χ3v) is 3.91. The Morgan fingerprint density at radius 3 is 2.70 bits per heavy atom. The van der Waals surface area contributed by atoms with Crippen molar-refractivity contribution < 1.29 is 9.90 Å². The van der Waals surface area contributed by atoms with Crippen LogP contribution >= 0.6 is 0 Å². The Morgan fingerprint density at radius 1 is 1.40 bits per heavy atom. The summed E-state index contributed by atoms with van der Waals surface area (Å²) in [6.07, 6.45) is 3.18. The monoisotopic (exact) mass is 276 g/mol. The van der Waals surface area contributed by atoms with Gasteiger partial charge < -0.3 is 15.3 Å². The molecule has 0 radical (unpaired) electrons. The summed E-state index contributed by atoms with van der Waals surface area (Å²) in [7, 11) is 0. The Balaban J connectivity index is 2.36. The van der Waals surface area contributed by atoms with E-state index in [1.54, 1.807) is 6.07 Å². The molecule has 1 heterocycles. The van der Waals surface area contributed by atoms with E-state index >= 15 is 0 Å². The number of nitrogens with one attached hydrogen (secondary N) is 1. The van der Waals surface area contributed by atoms with Crippen LogP contribution < -0.4 is 10.2 Å². The Morgan fingerprint density at radius 2 is 2.10 bits per heavy atom. The number of rotatable bonds is 5. The van der Waals surface area contributed by atoms with Crippen LogP contribution in [0.25, 0.3) is 0 Å². The van der Waals surface area contributed by atoms with E-state index in [0.717, 1.165) is 50.1 Å². The summed E-state index contributed by atoms with van der Waals surface area (Å²) in [6, 6.07) is 6.06. The van der Waals surface area contributed by atoms with Crippen molar-refractivity contribution in [1.29, 1.82) is 0 Å². The smallest absolute Gasteiger partial charge is 0.337 e. The number of piperidine rings is 1. The molecule has 4 heteroatoms. The first-order valence-electron chi connectivity index (χ1n) is 7.44. The summed E-state index contributed by atoms with van der Waals surface area (Å²) >= 11 is 0. The van der Waals surface area contributed by atoms with E-state index in [-0.39, 0.29) is 0 Å². The third-order valence-electron chi connectivity index (χ3n) is 3.91. The molecule has 1 fully saturated rings.